The quantitative estimate of drug-likeness (QED) is 0.762. The van der Waals surface area contributed by atoms with Crippen molar-refractivity contribution in [3.63, 3.8) is 0 Å². The van der Waals surface area contributed by atoms with Gasteiger partial charge in [0.1, 0.15) is 0 Å². The third-order valence-corrected chi connectivity index (χ3v) is 4.79. The molecule has 0 amide bonds. The number of hydrogen-bond acceptors (Lipinski definition) is 3. The maximum absolute atomic E-state index is 12.5. The largest absolute Gasteiger partial charge is 0.313 e. The van der Waals surface area contributed by atoms with Crippen LogP contribution in [0.4, 0.5) is 5.69 Å². The second kappa shape index (κ2) is 8.27. The number of sulfonamides is 1. The Bertz CT molecular complexity index is 472. The summed E-state index contributed by atoms with van der Waals surface area (Å²) in [6.07, 6.45) is 1.84. The van der Waals surface area contributed by atoms with Gasteiger partial charge in [0.15, 0.2) is 0 Å². The van der Waals surface area contributed by atoms with Gasteiger partial charge in [-0.15, -0.1) is 0 Å². The Morgan fingerprint density at radius 3 is 2.40 bits per heavy atom. The van der Waals surface area contributed by atoms with Crippen LogP contribution in [0.25, 0.3) is 0 Å². The van der Waals surface area contributed by atoms with Crippen LogP contribution in [0.15, 0.2) is 30.3 Å². The van der Waals surface area contributed by atoms with Gasteiger partial charge in [0.25, 0.3) is 0 Å². The molecule has 1 aromatic carbocycles. The zero-order chi connectivity index (χ0) is 15.0. The zero-order valence-electron chi connectivity index (χ0n) is 12.7. The van der Waals surface area contributed by atoms with Crippen LogP contribution < -0.4 is 9.62 Å². The first-order valence-corrected chi connectivity index (χ1v) is 8.87. The monoisotopic (exact) mass is 298 g/mol. The number of anilines is 1. The van der Waals surface area contributed by atoms with Gasteiger partial charge in [0, 0.05) is 19.1 Å². The Balaban J connectivity index is 2.81. The highest BCUT2D eigenvalue weighted by atomic mass is 32.2. The van der Waals surface area contributed by atoms with Crippen LogP contribution in [-0.2, 0) is 10.0 Å². The van der Waals surface area contributed by atoms with E-state index in [2.05, 4.69) is 12.2 Å². The number of rotatable bonds is 9. The molecule has 0 bridgehead atoms. The third kappa shape index (κ3) is 5.51. The fourth-order valence-electron chi connectivity index (χ4n) is 1.91. The van der Waals surface area contributed by atoms with Crippen molar-refractivity contribution in [3.8, 4) is 0 Å². The summed E-state index contributed by atoms with van der Waals surface area (Å²) in [5.41, 5.74) is 0.755. The van der Waals surface area contributed by atoms with Gasteiger partial charge in [-0.2, -0.15) is 0 Å². The van der Waals surface area contributed by atoms with Crippen molar-refractivity contribution in [2.45, 2.75) is 39.7 Å². The molecule has 5 heteroatoms. The minimum atomic E-state index is -3.27. The Morgan fingerprint density at radius 2 is 1.85 bits per heavy atom. The lowest BCUT2D eigenvalue weighted by atomic mass is 10.3. The topological polar surface area (TPSA) is 49.4 Å². The van der Waals surface area contributed by atoms with Crippen LogP contribution in [0.1, 0.15) is 33.6 Å². The third-order valence-electron chi connectivity index (χ3n) is 3.01. The van der Waals surface area contributed by atoms with E-state index in [1.807, 2.05) is 44.2 Å². The van der Waals surface area contributed by atoms with E-state index in [1.165, 1.54) is 0 Å². The maximum atomic E-state index is 12.5. The first-order chi connectivity index (χ1) is 9.47. The van der Waals surface area contributed by atoms with Crippen LogP contribution in [0.3, 0.4) is 0 Å². The average molecular weight is 298 g/mol. The molecule has 0 saturated heterocycles. The summed E-state index contributed by atoms with van der Waals surface area (Å²) in [6.45, 7) is 7.12. The molecule has 0 saturated carbocycles. The van der Waals surface area contributed by atoms with Crippen molar-refractivity contribution in [2.75, 3.05) is 23.1 Å². The van der Waals surface area contributed by atoms with Crippen molar-refractivity contribution in [1.29, 1.82) is 0 Å². The lowest BCUT2D eigenvalue weighted by Crippen LogP contribution is -2.38. The molecule has 0 atom stereocenters. The first-order valence-electron chi connectivity index (χ1n) is 7.26. The molecule has 0 aliphatic heterocycles. The highest BCUT2D eigenvalue weighted by molar-refractivity contribution is 7.92. The molecule has 0 aliphatic carbocycles. The molecule has 0 heterocycles. The Hall–Kier alpha value is -1.07. The Labute approximate surface area is 123 Å². The SMILES string of the molecule is CCCCN(c1ccccc1)S(=O)(=O)CCNC(C)C. The molecular weight excluding hydrogens is 272 g/mol. The van der Waals surface area contributed by atoms with Gasteiger partial charge in [0.2, 0.25) is 10.0 Å². The van der Waals surface area contributed by atoms with Crippen molar-refractivity contribution in [3.05, 3.63) is 30.3 Å². The molecule has 114 valence electrons. The first kappa shape index (κ1) is 17.0. The minimum absolute atomic E-state index is 0.129. The van der Waals surface area contributed by atoms with Crippen molar-refractivity contribution >= 4 is 15.7 Å². The standard InChI is InChI=1S/C15H26N2O2S/c1-4-5-12-17(15-9-7-6-8-10-15)20(18,19)13-11-16-14(2)3/h6-10,14,16H,4-5,11-13H2,1-3H3. The van der Waals surface area contributed by atoms with E-state index < -0.39 is 10.0 Å². The lowest BCUT2D eigenvalue weighted by molar-refractivity contribution is 0.572. The molecule has 0 aliphatic rings. The van der Waals surface area contributed by atoms with Gasteiger partial charge in [0.05, 0.1) is 11.4 Å². The van der Waals surface area contributed by atoms with Crippen molar-refractivity contribution < 1.29 is 8.42 Å². The molecule has 0 fully saturated rings. The number of nitrogens with one attached hydrogen (secondary N) is 1. The fourth-order valence-corrected chi connectivity index (χ4v) is 3.36. The van der Waals surface area contributed by atoms with Crippen LogP contribution in [0, 0.1) is 0 Å². The summed E-state index contributed by atoms with van der Waals surface area (Å²) in [7, 11) is -3.27. The molecule has 0 spiro atoms. The van der Waals surface area contributed by atoms with E-state index >= 15 is 0 Å². The van der Waals surface area contributed by atoms with Gasteiger partial charge >= 0.3 is 0 Å². The summed E-state index contributed by atoms with van der Waals surface area (Å²) < 4.78 is 26.5. The second-order valence-corrected chi connectivity index (χ2v) is 7.20. The number of unbranched alkanes of at least 4 members (excludes halogenated alkanes) is 1. The Kier molecular flexibility index (Phi) is 7.02. The molecule has 0 radical (unpaired) electrons. The van der Waals surface area contributed by atoms with Gasteiger partial charge in [-0.05, 0) is 18.6 Å². The normalized spacial score (nSPS) is 11.8. The molecule has 0 unspecified atom stereocenters. The van der Waals surface area contributed by atoms with Crippen LogP contribution in [0.5, 0.6) is 0 Å². The van der Waals surface area contributed by atoms with Crippen LogP contribution >= 0.6 is 0 Å². The highest BCUT2D eigenvalue weighted by Crippen LogP contribution is 2.18. The zero-order valence-corrected chi connectivity index (χ0v) is 13.5. The number of para-hydroxylation sites is 1. The van der Waals surface area contributed by atoms with E-state index in [0.717, 1.165) is 18.5 Å². The highest BCUT2D eigenvalue weighted by Gasteiger charge is 2.21. The predicted molar refractivity (Wildman–Crippen MR) is 85.6 cm³/mol. The molecule has 20 heavy (non-hydrogen) atoms. The summed E-state index contributed by atoms with van der Waals surface area (Å²) in [4.78, 5) is 0. The minimum Gasteiger partial charge on any atom is -0.313 e. The summed E-state index contributed by atoms with van der Waals surface area (Å²) in [5.74, 6) is 0.129. The molecule has 1 aromatic rings. The molecule has 1 N–H and O–H groups in total. The predicted octanol–water partition coefficient (Wildman–Crippen LogP) is 2.62. The van der Waals surface area contributed by atoms with Gasteiger partial charge in [-0.3, -0.25) is 4.31 Å². The van der Waals surface area contributed by atoms with E-state index in [1.54, 1.807) is 4.31 Å². The molecule has 1 rings (SSSR count). The number of nitrogens with zero attached hydrogens (tertiary/aromatic N) is 1. The van der Waals surface area contributed by atoms with Crippen molar-refractivity contribution in [2.24, 2.45) is 0 Å². The smallest absolute Gasteiger partial charge is 0.236 e. The maximum Gasteiger partial charge on any atom is 0.236 e. The molecule has 4 nitrogen and oxygen atoms in total. The van der Waals surface area contributed by atoms with Crippen LogP contribution in [0.2, 0.25) is 0 Å². The van der Waals surface area contributed by atoms with E-state index in [-0.39, 0.29) is 5.75 Å². The number of benzene rings is 1. The summed E-state index contributed by atoms with van der Waals surface area (Å²) in [5, 5.41) is 3.16. The number of hydrogen-bond donors (Lipinski definition) is 1. The van der Waals surface area contributed by atoms with Gasteiger partial charge in [-0.25, -0.2) is 8.42 Å². The lowest BCUT2D eigenvalue weighted by Gasteiger charge is -2.24. The van der Waals surface area contributed by atoms with E-state index in [9.17, 15) is 8.42 Å². The van der Waals surface area contributed by atoms with E-state index in [0.29, 0.717) is 19.1 Å². The Morgan fingerprint density at radius 1 is 1.20 bits per heavy atom. The second-order valence-electron chi connectivity index (χ2n) is 5.19. The molecular formula is C15H26N2O2S. The van der Waals surface area contributed by atoms with Gasteiger partial charge in [-0.1, -0.05) is 45.4 Å². The fraction of sp³-hybridized carbons (Fsp3) is 0.600. The van der Waals surface area contributed by atoms with Crippen LogP contribution in [-0.4, -0.2) is 33.3 Å². The van der Waals surface area contributed by atoms with Gasteiger partial charge < -0.3 is 5.32 Å². The summed E-state index contributed by atoms with van der Waals surface area (Å²) in [6, 6.07) is 9.64. The average Bonchev–Trinajstić information content (AvgIpc) is 2.39. The van der Waals surface area contributed by atoms with Crippen molar-refractivity contribution in [1.82, 2.24) is 5.32 Å². The molecule has 0 aromatic heterocycles. The summed E-state index contributed by atoms with van der Waals surface area (Å²) >= 11 is 0. The van der Waals surface area contributed by atoms with E-state index in [4.69, 9.17) is 0 Å².